The lowest BCUT2D eigenvalue weighted by Gasteiger charge is -2.25. The van der Waals surface area contributed by atoms with Crippen LogP contribution in [0.1, 0.15) is 36.1 Å². The van der Waals surface area contributed by atoms with Crippen LogP contribution in [0.4, 0.5) is 0 Å². The van der Waals surface area contributed by atoms with E-state index >= 15 is 0 Å². The quantitative estimate of drug-likeness (QED) is 0.884. The summed E-state index contributed by atoms with van der Waals surface area (Å²) in [6.45, 7) is 6.27. The molecule has 2 N–H and O–H groups in total. The van der Waals surface area contributed by atoms with E-state index in [1.54, 1.807) is 0 Å². The van der Waals surface area contributed by atoms with E-state index in [1.165, 1.54) is 5.56 Å². The average Bonchev–Trinajstić information content (AvgIpc) is 2.47. The third kappa shape index (κ3) is 3.40. The smallest absolute Gasteiger partial charge is 0.122 e. The van der Waals surface area contributed by atoms with Crippen molar-refractivity contribution in [3.05, 3.63) is 65.2 Å². The van der Waals surface area contributed by atoms with Gasteiger partial charge in [0.25, 0.3) is 0 Å². The SMILES string of the molecule is CCC(Oc1ccc(C)cc1C)C(N)c1ccccc1. The second kappa shape index (κ2) is 6.58. The molecule has 2 aromatic rings. The second-order valence-corrected chi connectivity index (χ2v) is 5.27. The summed E-state index contributed by atoms with van der Waals surface area (Å²) in [5, 5.41) is 0. The first kappa shape index (κ1) is 14.6. The van der Waals surface area contributed by atoms with Crippen LogP contribution in [0, 0.1) is 13.8 Å². The van der Waals surface area contributed by atoms with E-state index in [2.05, 4.69) is 45.0 Å². The second-order valence-electron chi connectivity index (χ2n) is 5.27. The minimum Gasteiger partial charge on any atom is -0.488 e. The van der Waals surface area contributed by atoms with Crippen molar-refractivity contribution in [1.82, 2.24) is 0 Å². The van der Waals surface area contributed by atoms with Gasteiger partial charge in [0.05, 0.1) is 6.04 Å². The Morgan fingerprint density at radius 2 is 1.75 bits per heavy atom. The zero-order chi connectivity index (χ0) is 14.5. The van der Waals surface area contributed by atoms with E-state index in [-0.39, 0.29) is 12.1 Å². The number of rotatable bonds is 5. The average molecular weight is 269 g/mol. The molecule has 106 valence electrons. The van der Waals surface area contributed by atoms with Crippen molar-refractivity contribution < 1.29 is 4.74 Å². The van der Waals surface area contributed by atoms with Gasteiger partial charge in [0.15, 0.2) is 0 Å². The van der Waals surface area contributed by atoms with Crippen LogP contribution in [0.2, 0.25) is 0 Å². The summed E-state index contributed by atoms with van der Waals surface area (Å²) in [5.74, 6) is 0.925. The summed E-state index contributed by atoms with van der Waals surface area (Å²) < 4.78 is 6.14. The molecule has 0 aliphatic heterocycles. The monoisotopic (exact) mass is 269 g/mol. The Labute approximate surface area is 121 Å². The Bertz CT molecular complexity index is 551. The Hall–Kier alpha value is -1.80. The van der Waals surface area contributed by atoms with Gasteiger partial charge in [-0.25, -0.2) is 0 Å². The minimum absolute atomic E-state index is 0.0150. The lowest BCUT2D eigenvalue weighted by atomic mass is 10.0. The van der Waals surface area contributed by atoms with Crippen molar-refractivity contribution in [1.29, 1.82) is 0 Å². The van der Waals surface area contributed by atoms with Crippen molar-refractivity contribution >= 4 is 0 Å². The van der Waals surface area contributed by atoms with Gasteiger partial charge in [0.1, 0.15) is 11.9 Å². The van der Waals surface area contributed by atoms with Gasteiger partial charge < -0.3 is 10.5 Å². The number of ether oxygens (including phenoxy) is 1. The first-order chi connectivity index (χ1) is 9.61. The lowest BCUT2D eigenvalue weighted by Crippen LogP contribution is -2.31. The van der Waals surface area contributed by atoms with Gasteiger partial charge in [-0.05, 0) is 37.5 Å². The molecule has 0 heterocycles. The number of aryl methyl sites for hydroxylation is 2. The molecule has 0 bridgehead atoms. The van der Waals surface area contributed by atoms with Crippen molar-refractivity contribution in [2.75, 3.05) is 0 Å². The summed E-state index contributed by atoms with van der Waals surface area (Å²) in [5.41, 5.74) is 9.87. The van der Waals surface area contributed by atoms with E-state index in [4.69, 9.17) is 10.5 Å². The highest BCUT2D eigenvalue weighted by molar-refractivity contribution is 5.36. The molecule has 2 atom stereocenters. The highest BCUT2D eigenvalue weighted by Gasteiger charge is 2.20. The summed E-state index contributed by atoms with van der Waals surface area (Å²) in [6, 6.07) is 16.3. The third-order valence-electron chi connectivity index (χ3n) is 3.60. The van der Waals surface area contributed by atoms with Gasteiger partial charge in [0.2, 0.25) is 0 Å². The maximum Gasteiger partial charge on any atom is 0.122 e. The van der Waals surface area contributed by atoms with E-state index in [9.17, 15) is 0 Å². The van der Waals surface area contributed by atoms with Crippen LogP contribution in [0.15, 0.2) is 48.5 Å². The van der Waals surface area contributed by atoms with E-state index in [1.807, 2.05) is 24.3 Å². The molecule has 0 saturated carbocycles. The largest absolute Gasteiger partial charge is 0.488 e. The highest BCUT2D eigenvalue weighted by atomic mass is 16.5. The zero-order valence-corrected chi connectivity index (χ0v) is 12.5. The molecule has 0 aromatic heterocycles. The molecule has 0 radical (unpaired) electrons. The Morgan fingerprint density at radius 1 is 1.05 bits per heavy atom. The number of hydrogen-bond acceptors (Lipinski definition) is 2. The molecular formula is C18H23NO. The first-order valence-electron chi connectivity index (χ1n) is 7.16. The molecule has 2 nitrogen and oxygen atoms in total. The van der Waals surface area contributed by atoms with E-state index in [0.29, 0.717) is 0 Å². The standard InChI is InChI=1S/C18H23NO/c1-4-16(18(19)15-8-6-5-7-9-15)20-17-11-10-13(2)12-14(17)3/h5-12,16,18H,4,19H2,1-3H3. The molecule has 0 amide bonds. The number of benzene rings is 2. The van der Waals surface area contributed by atoms with Gasteiger partial charge in [-0.3, -0.25) is 0 Å². The van der Waals surface area contributed by atoms with Crippen LogP contribution in [0.25, 0.3) is 0 Å². The van der Waals surface area contributed by atoms with Crippen LogP contribution < -0.4 is 10.5 Å². The molecule has 0 saturated heterocycles. The summed E-state index contributed by atoms with van der Waals surface area (Å²) >= 11 is 0. The number of nitrogens with two attached hydrogens (primary N) is 1. The van der Waals surface area contributed by atoms with Crippen LogP contribution in [0.3, 0.4) is 0 Å². The van der Waals surface area contributed by atoms with Crippen LogP contribution >= 0.6 is 0 Å². The molecule has 0 aliphatic rings. The molecule has 0 spiro atoms. The fourth-order valence-corrected chi connectivity index (χ4v) is 2.40. The highest BCUT2D eigenvalue weighted by Crippen LogP contribution is 2.25. The van der Waals surface area contributed by atoms with Gasteiger partial charge >= 0.3 is 0 Å². The summed E-state index contributed by atoms with van der Waals surface area (Å²) in [6.07, 6.45) is 0.863. The molecule has 2 rings (SSSR count). The summed E-state index contributed by atoms with van der Waals surface area (Å²) in [4.78, 5) is 0. The lowest BCUT2D eigenvalue weighted by molar-refractivity contribution is 0.165. The molecule has 2 unspecified atom stereocenters. The maximum atomic E-state index is 6.35. The van der Waals surface area contributed by atoms with Crippen LogP contribution in [0.5, 0.6) is 5.75 Å². The third-order valence-corrected chi connectivity index (χ3v) is 3.60. The van der Waals surface area contributed by atoms with Gasteiger partial charge in [-0.2, -0.15) is 0 Å². The van der Waals surface area contributed by atoms with E-state index < -0.39 is 0 Å². The van der Waals surface area contributed by atoms with Crippen molar-refractivity contribution in [2.45, 2.75) is 39.3 Å². The topological polar surface area (TPSA) is 35.2 Å². The Balaban J connectivity index is 2.16. The van der Waals surface area contributed by atoms with Crippen molar-refractivity contribution in [3.8, 4) is 5.75 Å². The maximum absolute atomic E-state index is 6.35. The molecule has 20 heavy (non-hydrogen) atoms. The minimum atomic E-state index is -0.109. The van der Waals surface area contributed by atoms with Crippen molar-refractivity contribution in [2.24, 2.45) is 5.73 Å². The Kier molecular flexibility index (Phi) is 4.80. The van der Waals surface area contributed by atoms with Gasteiger partial charge in [-0.1, -0.05) is 55.0 Å². The fraction of sp³-hybridized carbons (Fsp3) is 0.333. The number of hydrogen-bond donors (Lipinski definition) is 1. The van der Waals surface area contributed by atoms with E-state index in [0.717, 1.165) is 23.3 Å². The van der Waals surface area contributed by atoms with Crippen LogP contribution in [-0.2, 0) is 0 Å². The molecular weight excluding hydrogens is 246 g/mol. The predicted molar refractivity (Wildman–Crippen MR) is 84.0 cm³/mol. The fourth-order valence-electron chi connectivity index (χ4n) is 2.40. The summed E-state index contributed by atoms with van der Waals surface area (Å²) in [7, 11) is 0. The van der Waals surface area contributed by atoms with Crippen LogP contribution in [-0.4, -0.2) is 6.10 Å². The van der Waals surface area contributed by atoms with Crippen molar-refractivity contribution in [3.63, 3.8) is 0 Å². The Morgan fingerprint density at radius 3 is 2.35 bits per heavy atom. The molecule has 0 aliphatic carbocycles. The predicted octanol–water partition coefficient (Wildman–Crippen LogP) is 4.16. The molecule has 2 aromatic carbocycles. The first-order valence-corrected chi connectivity index (χ1v) is 7.16. The van der Waals surface area contributed by atoms with Gasteiger partial charge in [0, 0.05) is 0 Å². The normalized spacial score (nSPS) is 13.8. The molecule has 2 heteroatoms. The van der Waals surface area contributed by atoms with Gasteiger partial charge in [-0.15, -0.1) is 0 Å². The molecule has 0 fully saturated rings. The zero-order valence-electron chi connectivity index (χ0n) is 12.5.